The highest BCUT2D eigenvalue weighted by Gasteiger charge is 2.21. The first-order valence-electron chi connectivity index (χ1n) is 7.31. The third-order valence-electron chi connectivity index (χ3n) is 4.05. The standard InChI is InChI=1S/C16H27N3/c1-13-9-14(2)11-15(10-13)16(12-17)19-6-4-5-18(3)7-8-19/h9-11,16H,4-8,12,17H2,1-3H3. The molecule has 19 heavy (non-hydrogen) atoms. The summed E-state index contributed by atoms with van der Waals surface area (Å²) in [6.07, 6.45) is 1.23. The van der Waals surface area contributed by atoms with Gasteiger partial charge in [0.15, 0.2) is 0 Å². The molecule has 0 saturated carbocycles. The van der Waals surface area contributed by atoms with E-state index in [-0.39, 0.29) is 0 Å². The Bertz CT molecular complexity index is 396. The molecule has 1 fully saturated rings. The summed E-state index contributed by atoms with van der Waals surface area (Å²) in [4.78, 5) is 4.97. The predicted octanol–water partition coefficient (Wildman–Crippen LogP) is 1.94. The van der Waals surface area contributed by atoms with Crippen LogP contribution in [0.3, 0.4) is 0 Å². The van der Waals surface area contributed by atoms with Gasteiger partial charge >= 0.3 is 0 Å². The van der Waals surface area contributed by atoms with Crippen LogP contribution in [-0.4, -0.2) is 49.6 Å². The molecule has 3 nitrogen and oxygen atoms in total. The molecular weight excluding hydrogens is 234 g/mol. The van der Waals surface area contributed by atoms with Crippen LogP contribution in [0.15, 0.2) is 18.2 Å². The summed E-state index contributed by atoms with van der Waals surface area (Å²) in [6, 6.07) is 7.18. The zero-order chi connectivity index (χ0) is 13.8. The zero-order valence-corrected chi connectivity index (χ0v) is 12.5. The first kappa shape index (κ1) is 14.5. The number of aryl methyl sites for hydroxylation is 2. The van der Waals surface area contributed by atoms with E-state index in [9.17, 15) is 0 Å². The molecule has 0 bridgehead atoms. The van der Waals surface area contributed by atoms with Gasteiger partial charge in [-0.2, -0.15) is 0 Å². The van der Waals surface area contributed by atoms with E-state index in [1.165, 1.54) is 29.7 Å². The third kappa shape index (κ3) is 3.78. The Morgan fingerprint density at radius 1 is 1.05 bits per heavy atom. The van der Waals surface area contributed by atoms with E-state index in [2.05, 4.69) is 48.9 Å². The molecule has 1 aromatic rings. The Morgan fingerprint density at radius 2 is 1.74 bits per heavy atom. The molecule has 1 aromatic carbocycles. The van der Waals surface area contributed by atoms with Gasteiger partial charge in [-0.1, -0.05) is 29.3 Å². The summed E-state index contributed by atoms with van der Waals surface area (Å²) in [6.45, 7) is 9.64. The maximum Gasteiger partial charge on any atom is 0.0471 e. The lowest BCUT2D eigenvalue weighted by Gasteiger charge is -2.30. The monoisotopic (exact) mass is 261 g/mol. The molecule has 0 spiro atoms. The number of nitrogens with two attached hydrogens (primary N) is 1. The van der Waals surface area contributed by atoms with E-state index >= 15 is 0 Å². The van der Waals surface area contributed by atoms with Gasteiger partial charge in [0.25, 0.3) is 0 Å². The van der Waals surface area contributed by atoms with Gasteiger partial charge in [-0.3, -0.25) is 4.90 Å². The molecular formula is C16H27N3. The van der Waals surface area contributed by atoms with Crippen LogP contribution < -0.4 is 5.73 Å². The third-order valence-corrected chi connectivity index (χ3v) is 4.05. The summed E-state index contributed by atoms with van der Waals surface area (Å²) in [5.74, 6) is 0. The first-order valence-corrected chi connectivity index (χ1v) is 7.31. The van der Waals surface area contributed by atoms with Crippen LogP contribution in [0.2, 0.25) is 0 Å². The molecule has 2 N–H and O–H groups in total. The van der Waals surface area contributed by atoms with Crippen molar-refractivity contribution in [1.29, 1.82) is 0 Å². The topological polar surface area (TPSA) is 32.5 Å². The lowest BCUT2D eigenvalue weighted by Crippen LogP contribution is -2.36. The molecule has 0 radical (unpaired) electrons. The lowest BCUT2D eigenvalue weighted by molar-refractivity contribution is 0.208. The van der Waals surface area contributed by atoms with Crippen molar-refractivity contribution in [1.82, 2.24) is 9.80 Å². The molecule has 1 atom stereocenters. The van der Waals surface area contributed by atoms with Crippen LogP contribution in [0.5, 0.6) is 0 Å². The summed E-state index contributed by atoms with van der Waals surface area (Å²) in [7, 11) is 2.21. The number of hydrogen-bond donors (Lipinski definition) is 1. The summed E-state index contributed by atoms with van der Waals surface area (Å²) in [5.41, 5.74) is 10.1. The number of benzene rings is 1. The van der Waals surface area contributed by atoms with Gasteiger partial charge in [0.05, 0.1) is 0 Å². The van der Waals surface area contributed by atoms with Crippen LogP contribution in [-0.2, 0) is 0 Å². The van der Waals surface area contributed by atoms with E-state index in [1.54, 1.807) is 0 Å². The van der Waals surface area contributed by atoms with Crippen molar-refractivity contribution < 1.29 is 0 Å². The fourth-order valence-corrected chi connectivity index (χ4v) is 3.08. The van der Waals surface area contributed by atoms with Gasteiger partial charge in [0, 0.05) is 32.2 Å². The Balaban J connectivity index is 2.18. The summed E-state index contributed by atoms with van der Waals surface area (Å²) >= 11 is 0. The van der Waals surface area contributed by atoms with Crippen molar-refractivity contribution in [2.75, 3.05) is 39.8 Å². The summed E-state index contributed by atoms with van der Waals surface area (Å²) in [5, 5.41) is 0. The van der Waals surface area contributed by atoms with Crippen LogP contribution in [0.4, 0.5) is 0 Å². The number of nitrogens with zero attached hydrogens (tertiary/aromatic N) is 2. The SMILES string of the molecule is Cc1cc(C)cc(C(CN)N2CCCN(C)CC2)c1. The van der Waals surface area contributed by atoms with Crippen molar-refractivity contribution in [3.8, 4) is 0 Å². The number of hydrogen-bond acceptors (Lipinski definition) is 3. The van der Waals surface area contributed by atoms with E-state index in [4.69, 9.17) is 5.73 Å². The highest BCUT2D eigenvalue weighted by Crippen LogP contribution is 2.23. The van der Waals surface area contributed by atoms with Crippen LogP contribution >= 0.6 is 0 Å². The maximum absolute atomic E-state index is 6.07. The minimum atomic E-state index is 0.366. The molecule has 2 rings (SSSR count). The van der Waals surface area contributed by atoms with Crippen molar-refractivity contribution >= 4 is 0 Å². The second-order valence-electron chi connectivity index (χ2n) is 5.87. The minimum Gasteiger partial charge on any atom is -0.329 e. The Kier molecular flexibility index (Phi) is 4.97. The van der Waals surface area contributed by atoms with E-state index in [0.717, 1.165) is 19.6 Å². The minimum absolute atomic E-state index is 0.366. The van der Waals surface area contributed by atoms with Gasteiger partial charge in [0.1, 0.15) is 0 Å². The van der Waals surface area contributed by atoms with Crippen molar-refractivity contribution in [3.05, 3.63) is 34.9 Å². The number of rotatable bonds is 3. The molecule has 0 aromatic heterocycles. The smallest absolute Gasteiger partial charge is 0.0471 e. The van der Waals surface area contributed by atoms with Crippen LogP contribution in [0, 0.1) is 13.8 Å². The molecule has 3 heteroatoms. The van der Waals surface area contributed by atoms with Gasteiger partial charge < -0.3 is 10.6 Å². The van der Waals surface area contributed by atoms with Gasteiger partial charge in [-0.25, -0.2) is 0 Å². The molecule has 1 saturated heterocycles. The number of likely N-dealkylation sites (N-methyl/N-ethyl adjacent to an activating group) is 1. The molecule has 1 aliphatic rings. The Labute approximate surface area is 117 Å². The first-order chi connectivity index (χ1) is 9.10. The van der Waals surface area contributed by atoms with Crippen LogP contribution in [0.25, 0.3) is 0 Å². The fourth-order valence-electron chi connectivity index (χ4n) is 3.08. The summed E-state index contributed by atoms with van der Waals surface area (Å²) < 4.78 is 0. The molecule has 1 aliphatic heterocycles. The second kappa shape index (κ2) is 6.51. The average Bonchev–Trinajstić information content (AvgIpc) is 2.54. The van der Waals surface area contributed by atoms with E-state index in [0.29, 0.717) is 12.6 Å². The van der Waals surface area contributed by atoms with Crippen LogP contribution in [0.1, 0.15) is 29.2 Å². The van der Waals surface area contributed by atoms with Crippen molar-refractivity contribution in [3.63, 3.8) is 0 Å². The van der Waals surface area contributed by atoms with Crippen molar-refractivity contribution in [2.45, 2.75) is 26.3 Å². The Hall–Kier alpha value is -0.900. The Morgan fingerprint density at radius 3 is 2.37 bits per heavy atom. The van der Waals surface area contributed by atoms with Crippen molar-refractivity contribution in [2.24, 2.45) is 5.73 Å². The predicted molar refractivity (Wildman–Crippen MR) is 81.4 cm³/mol. The van der Waals surface area contributed by atoms with E-state index < -0.39 is 0 Å². The highest BCUT2D eigenvalue weighted by atomic mass is 15.2. The van der Waals surface area contributed by atoms with Gasteiger partial charge in [-0.15, -0.1) is 0 Å². The quantitative estimate of drug-likeness (QED) is 0.902. The fraction of sp³-hybridized carbons (Fsp3) is 0.625. The lowest BCUT2D eigenvalue weighted by atomic mass is 10.00. The zero-order valence-electron chi connectivity index (χ0n) is 12.5. The highest BCUT2D eigenvalue weighted by molar-refractivity contribution is 5.31. The molecule has 1 heterocycles. The maximum atomic E-state index is 6.07. The van der Waals surface area contributed by atoms with Gasteiger partial charge in [0.2, 0.25) is 0 Å². The normalized spacial score (nSPS) is 20.2. The average molecular weight is 261 g/mol. The molecule has 0 aliphatic carbocycles. The molecule has 1 unspecified atom stereocenters. The van der Waals surface area contributed by atoms with Gasteiger partial charge in [-0.05, 0) is 39.4 Å². The molecule has 106 valence electrons. The second-order valence-corrected chi connectivity index (χ2v) is 5.87. The largest absolute Gasteiger partial charge is 0.329 e. The molecule has 0 amide bonds. The van der Waals surface area contributed by atoms with E-state index in [1.807, 2.05) is 0 Å².